The minimum atomic E-state index is 0.274. The molecule has 0 aliphatic carbocycles. The lowest BCUT2D eigenvalue weighted by atomic mass is 9.96. The largest absolute Gasteiger partial charge is 0.313 e. The molecule has 3 rings (SSSR count). The number of hydrogen-bond acceptors (Lipinski definition) is 2. The average Bonchev–Trinajstić information content (AvgIpc) is 2.53. The zero-order valence-electron chi connectivity index (χ0n) is 11.6. The molecule has 1 unspecified atom stereocenters. The predicted molar refractivity (Wildman–Crippen MR) is 83.7 cm³/mol. The molecule has 0 bridgehead atoms. The van der Waals surface area contributed by atoms with E-state index in [4.69, 9.17) is 0 Å². The summed E-state index contributed by atoms with van der Waals surface area (Å²) in [5.41, 5.74) is 2.59. The first kappa shape index (κ1) is 12.8. The lowest BCUT2D eigenvalue weighted by molar-refractivity contribution is 0.594. The molecule has 0 saturated carbocycles. The molecule has 0 spiro atoms. The van der Waals surface area contributed by atoms with Crippen molar-refractivity contribution in [1.29, 1.82) is 0 Å². The van der Waals surface area contributed by atoms with Gasteiger partial charge in [0, 0.05) is 23.8 Å². The Morgan fingerprint density at radius 1 is 0.950 bits per heavy atom. The van der Waals surface area contributed by atoms with Crippen molar-refractivity contribution in [3.63, 3.8) is 0 Å². The van der Waals surface area contributed by atoms with Crippen LogP contribution in [0, 0.1) is 0 Å². The minimum Gasteiger partial charge on any atom is -0.313 e. The maximum absolute atomic E-state index is 4.38. The molecule has 0 aliphatic heterocycles. The summed E-state index contributed by atoms with van der Waals surface area (Å²) in [5.74, 6) is 0. The first-order valence-electron chi connectivity index (χ1n) is 6.92. The molecule has 0 radical (unpaired) electrons. The molecular weight excluding hydrogens is 244 g/mol. The van der Waals surface area contributed by atoms with E-state index in [0.717, 1.165) is 6.42 Å². The van der Waals surface area contributed by atoms with Crippen molar-refractivity contribution in [2.75, 3.05) is 7.05 Å². The number of nitrogens with one attached hydrogen (secondary N) is 1. The average molecular weight is 262 g/mol. The van der Waals surface area contributed by atoms with E-state index in [-0.39, 0.29) is 6.04 Å². The van der Waals surface area contributed by atoms with Crippen LogP contribution in [-0.2, 0) is 6.42 Å². The molecule has 2 heteroatoms. The fourth-order valence-electron chi connectivity index (χ4n) is 2.63. The first-order chi connectivity index (χ1) is 9.88. The summed E-state index contributed by atoms with van der Waals surface area (Å²) >= 11 is 0. The number of hydrogen-bond donors (Lipinski definition) is 1. The summed E-state index contributed by atoms with van der Waals surface area (Å²) in [4.78, 5) is 4.38. The Kier molecular flexibility index (Phi) is 3.75. The van der Waals surface area contributed by atoms with Gasteiger partial charge in [0.1, 0.15) is 0 Å². The lowest BCUT2D eigenvalue weighted by Gasteiger charge is -2.18. The number of benzene rings is 2. The molecule has 20 heavy (non-hydrogen) atoms. The third-order valence-electron chi connectivity index (χ3n) is 3.71. The van der Waals surface area contributed by atoms with Crippen LogP contribution in [-0.4, -0.2) is 12.0 Å². The van der Waals surface area contributed by atoms with E-state index in [1.165, 1.54) is 21.9 Å². The maximum atomic E-state index is 4.38. The van der Waals surface area contributed by atoms with Crippen LogP contribution in [0.15, 0.2) is 67.0 Å². The van der Waals surface area contributed by atoms with Gasteiger partial charge in [-0.25, -0.2) is 0 Å². The molecule has 3 aromatic rings. The monoisotopic (exact) mass is 262 g/mol. The molecular formula is C18H18N2. The Hall–Kier alpha value is -2.19. The standard InChI is InChI=1S/C18H18N2/c1-19-18(11-14-7-3-2-4-8-14)17-13-20-12-15-9-5-6-10-16(15)17/h2-10,12-13,18-19H,11H2,1H3. The van der Waals surface area contributed by atoms with E-state index in [1.54, 1.807) is 0 Å². The highest BCUT2D eigenvalue weighted by atomic mass is 14.9. The van der Waals surface area contributed by atoms with Crippen molar-refractivity contribution < 1.29 is 0 Å². The summed E-state index contributed by atoms with van der Waals surface area (Å²) in [5, 5.41) is 5.89. The van der Waals surface area contributed by atoms with Gasteiger partial charge in [-0.2, -0.15) is 0 Å². The number of pyridine rings is 1. The smallest absolute Gasteiger partial charge is 0.0379 e. The Balaban J connectivity index is 1.99. The van der Waals surface area contributed by atoms with Crippen molar-refractivity contribution in [2.45, 2.75) is 12.5 Å². The highest BCUT2D eigenvalue weighted by Crippen LogP contribution is 2.25. The van der Waals surface area contributed by atoms with Gasteiger partial charge in [0.25, 0.3) is 0 Å². The van der Waals surface area contributed by atoms with Crippen LogP contribution in [0.5, 0.6) is 0 Å². The van der Waals surface area contributed by atoms with Gasteiger partial charge in [-0.1, -0.05) is 54.6 Å². The fourth-order valence-corrected chi connectivity index (χ4v) is 2.63. The molecule has 1 aromatic heterocycles. The zero-order valence-corrected chi connectivity index (χ0v) is 11.6. The van der Waals surface area contributed by atoms with Crippen LogP contribution in [0.2, 0.25) is 0 Å². The quantitative estimate of drug-likeness (QED) is 0.774. The number of fused-ring (bicyclic) bond motifs is 1. The van der Waals surface area contributed by atoms with E-state index in [0.29, 0.717) is 0 Å². The molecule has 0 amide bonds. The number of likely N-dealkylation sites (N-methyl/N-ethyl adjacent to an activating group) is 1. The molecule has 0 saturated heterocycles. The van der Waals surface area contributed by atoms with E-state index >= 15 is 0 Å². The van der Waals surface area contributed by atoms with E-state index in [2.05, 4.69) is 64.9 Å². The molecule has 2 nitrogen and oxygen atoms in total. The van der Waals surface area contributed by atoms with Gasteiger partial charge in [-0.05, 0) is 30.0 Å². The van der Waals surface area contributed by atoms with Crippen LogP contribution >= 0.6 is 0 Å². The molecule has 1 N–H and O–H groups in total. The van der Waals surface area contributed by atoms with Crippen molar-refractivity contribution in [1.82, 2.24) is 10.3 Å². The molecule has 0 fully saturated rings. The zero-order chi connectivity index (χ0) is 13.8. The van der Waals surface area contributed by atoms with Crippen molar-refractivity contribution in [3.05, 3.63) is 78.1 Å². The van der Waals surface area contributed by atoms with Crippen LogP contribution < -0.4 is 5.32 Å². The summed E-state index contributed by atoms with van der Waals surface area (Å²) in [6, 6.07) is 19.3. The second-order valence-electron chi connectivity index (χ2n) is 4.98. The second-order valence-corrected chi connectivity index (χ2v) is 4.98. The minimum absolute atomic E-state index is 0.274. The molecule has 100 valence electrons. The molecule has 1 heterocycles. The molecule has 1 atom stereocenters. The van der Waals surface area contributed by atoms with Gasteiger partial charge in [-0.3, -0.25) is 4.98 Å². The van der Waals surface area contributed by atoms with Gasteiger partial charge in [0.05, 0.1) is 0 Å². The Morgan fingerprint density at radius 2 is 1.70 bits per heavy atom. The summed E-state index contributed by atoms with van der Waals surface area (Å²) < 4.78 is 0. The van der Waals surface area contributed by atoms with Crippen LogP contribution in [0.25, 0.3) is 10.8 Å². The number of rotatable bonds is 4. The topological polar surface area (TPSA) is 24.9 Å². The van der Waals surface area contributed by atoms with Gasteiger partial charge in [0.15, 0.2) is 0 Å². The van der Waals surface area contributed by atoms with Crippen molar-refractivity contribution in [3.8, 4) is 0 Å². The lowest BCUT2D eigenvalue weighted by Crippen LogP contribution is -2.19. The van der Waals surface area contributed by atoms with Gasteiger partial charge in [-0.15, -0.1) is 0 Å². The summed E-state index contributed by atoms with van der Waals surface area (Å²) in [6.45, 7) is 0. The van der Waals surface area contributed by atoms with Crippen LogP contribution in [0.3, 0.4) is 0 Å². The van der Waals surface area contributed by atoms with Crippen molar-refractivity contribution in [2.24, 2.45) is 0 Å². The summed E-state index contributed by atoms with van der Waals surface area (Å²) in [7, 11) is 2.01. The fraction of sp³-hybridized carbons (Fsp3) is 0.167. The number of nitrogens with zero attached hydrogens (tertiary/aromatic N) is 1. The Morgan fingerprint density at radius 3 is 2.50 bits per heavy atom. The van der Waals surface area contributed by atoms with Crippen molar-refractivity contribution >= 4 is 10.8 Å². The van der Waals surface area contributed by atoms with E-state index in [9.17, 15) is 0 Å². The SMILES string of the molecule is CNC(Cc1ccccc1)c1cncc2ccccc12. The van der Waals surface area contributed by atoms with E-state index in [1.807, 2.05) is 19.4 Å². The Labute approximate surface area is 119 Å². The van der Waals surface area contributed by atoms with Gasteiger partial charge >= 0.3 is 0 Å². The third-order valence-corrected chi connectivity index (χ3v) is 3.71. The third kappa shape index (κ3) is 2.56. The predicted octanol–water partition coefficient (Wildman–Crippen LogP) is 3.74. The first-order valence-corrected chi connectivity index (χ1v) is 6.92. The number of aromatic nitrogens is 1. The highest BCUT2D eigenvalue weighted by Gasteiger charge is 2.13. The maximum Gasteiger partial charge on any atom is 0.0379 e. The molecule has 2 aromatic carbocycles. The van der Waals surface area contributed by atoms with Crippen LogP contribution in [0.1, 0.15) is 17.2 Å². The van der Waals surface area contributed by atoms with Crippen LogP contribution in [0.4, 0.5) is 0 Å². The highest BCUT2D eigenvalue weighted by molar-refractivity contribution is 5.85. The second kappa shape index (κ2) is 5.85. The summed E-state index contributed by atoms with van der Waals surface area (Å²) in [6.07, 6.45) is 4.87. The Bertz CT molecular complexity index is 687. The normalized spacial score (nSPS) is 12.4. The molecule has 0 aliphatic rings. The van der Waals surface area contributed by atoms with E-state index < -0.39 is 0 Å². The van der Waals surface area contributed by atoms with Gasteiger partial charge in [0.2, 0.25) is 0 Å². The van der Waals surface area contributed by atoms with Gasteiger partial charge < -0.3 is 5.32 Å².